The van der Waals surface area contributed by atoms with E-state index in [-0.39, 0.29) is 17.7 Å². The van der Waals surface area contributed by atoms with Gasteiger partial charge < -0.3 is 4.79 Å². The smallest absolute Gasteiger partial charge is 0.130 e. The molecule has 0 radical (unpaired) electrons. The van der Waals surface area contributed by atoms with E-state index in [1.54, 1.807) is 13.1 Å². The van der Waals surface area contributed by atoms with Gasteiger partial charge in [-0.15, -0.1) is 0 Å². The summed E-state index contributed by atoms with van der Waals surface area (Å²) in [5.41, 5.74) is 0.960. The lowest BCUT2D eigenvalue weighted by molar-refractivity contribution is -0.117. The number of aromatic nitrogens is 2. The Hall–Kier alpha value is -0.830. The summed E-state index contributed by atoms with van der Waals surface area (Å²) in [5, 5.41) is 4.87. The maximum absolute atomic E-state index is 11.1. The summed E-state index contributed by atoms with van der Waals surface area (Å²) in [6.45, 7) is 7.70. The Morgan fingerprint density at radius 3 is 2.60 bits per heavy atom. The van der Waals surface area contributed by atoms with Crippen LogP contribution in [-0.2, 0) is 4.79 Å². The van der Waals surface area contributed by atoms with Gasteiger partial charge in [0, 0.05) is 18.4 Å². The third kappa shape index (κ3) is 2.81. The predicted molar refractivity (Wildman–Crippen MR) is 61.3 cm³/mol. The monoisotopic (exact) mass is 228 g/mol. The highest BCUT2D eigenvalue weighted by molar-refractivity contribution is 6.31. The minimum atomic E-state index is 0.125. The van der Waals surface area contributed by atoms with Gasteiger partial charge in [-0.25, -0.2) is 0 Å². The summed E-state index contributed by atoms with van der Waals surface area (Å²) in [6.07, 6.45) is 2.16. The first-order valence-corrected chi connectivity index (χ1v) is 5.53. The lowest BCUT2D eigenvalue weighted by Gasteiger charge is -2.16. The third-order valence-corrected chi connectivity index (χ3v) is 2.63. The average molecular weight is 229 g/mol. The number of carbonyl (C=O) groups is 1. The van der Waals surface area contributed by atoms with Crippen molar-refractivity contribution in [2.45, 2.75) is 46.1 Å². The average Bonchev–Trinajstić information content (AvgIpc) is 2.45. The SMILES string of the molecule is CC(=O)CC(C)c1c(Cl)cnn1C(C)C. The fourth-order valence-corrected chi connectivity index (χ4v) is 2.07. The van der Waals surface area contributed by atoms with Gasteiger partial charge in [0.1, 0.15) is 5.78 Å². The normalized spacial score (nSPS) is 13.2. The minimum absolute atomic E-state index is 0.125. The maximum atomic E-state index is 11.1. The van der Waals surface area contributed by atoms with E-state index in [1.807, 2.05) is 25.5 Å². The van der Waals surface area contributed by atoms with E-state index in [0.717, 1.165) is 5.69 Å². The number of Topliss-reactive ketones (excluding diaryl/α,β-unsaturated/α-hetero) is 1. The first-order valence-electron chi connectivity index (χ1n) is 5.15. The molecule has 84 valence electrons. The Morgan fingerprint density at radius 2 is 2.13 bits per heavy atom. The fourth-order valence-electron chi connectivity index (χ4n) is 1.75. The molecule has 1 rings (SSSR count). The zero-order chi connectivity index (χ0) is 11.6. The second-order valence-electron chi connectivity index (χ2n) is 4.22. The van der Waals surface area contributed by atoms with Crippen LogP contribution in [0.25, 0.3) is 0 Å². The number of nitrogens with zero attached hydrogens (tertiary/aromatic N) is 2. The van der Waals surface area contributed by atoms with Gasteiger partial charge in [0.15, 0.2) is 0 Å². The van der Waals surface area contributed by atoms with Crippen LogP contribution in [0.4, 0.5) is 0 Å². The zero-order valence-electron chi connectivity index (χ0n) is 9.62. The van der Waals surface area contributed by atoms with Crippen LogP contribution in [0.1, 0.15) is 51.8 Å². The van der Waals surface area contributed by atoms with Crippen LogP contribution in [0.15, 0.2) is 6.20 Å². The number of hydrogen-bond acceptors (Lipinski definition) is 2. The molecule has 0 N–H and O–H groups in total. The Morgan fingerprint density at radius 1 is 1.53 bits per heavy atom. The summed E-state index contributed by atoms with van der Waals surface area (Å²) in [5.74, 6) is 0.301. The number of carbonyl (C=O) groups excluding carboxylic acids is 1. The van der Waals surface area contributed by atoms with Crippen molar-refractivity contribution in [3.63, 3.8) is 0 Å². The molecular weight excluding hydrogens is 212 g/mol. The molecule has 1 atom stereocenters. The molecule has 0 amide bonds. The molecule has 0 aliphatic heterocycles. The van der Waals surface area contributed by atoms with Gasteiger partial charge in [0.05, 0.1) is 16.9 Å². The second kappa shape index (κ2) is 4.79. The van der Waals surface area contributed by atoms with E-state index in [2.05, 4.69) is 5.10 Å². The largest absolute Gasteiger partial charge is 0.300 e. The van der Waals surface area contributed by atoms with Crippen molar-refractivity contribution < 1.29 is 4.79 Å². The summed E-state index contributed by atoms with van der Waals surface area (Å²) in [6, 6.07) is 0.266. The lowest BCUT2D eigenvalue weighted by Crippen LogP contribution is -2.12. The second-order valence-corrected chi connectivity index (χ2v) is 4.63. The van der Waals surface area contributed by atoms with Crippen molar-refractivity contribution in [3.8, 4) is 0 Å². The zero-order valence-corrected chi connectivity index (χ0v) is 10.4. The van der Waals surface area contributed by atoms with Gasteiger partial charge in [-0.05, 0) is 20.8 Å². The molecule has 0 spiro atoms. The van der Waals surface area contributed by atoms with Crippen LogP contribution in [0.3, 0.4) is 0 Å². The number of ketones is 1. The topological polar surface area (TPSA) is 34.9 Å². The van der Waals surface area contributed by atoms with E-state index in [4.69, 9.17) is 11.6 Å². The Kier molecular flexibility index (Phi) is 3.91. The molecule has 0 bridgehead atoms. The van der Waals surface area contributed by atoms with Crippen molar-refractivity contribution in [1.82, 2.24) is 9.78 Å². The number of halogens is 1. The molecule has 0 saturated heterocycles. The van der Waals surface area contributed by atoms with Gasteiger partial charge in [-0.1, -0.05) is 18.5 Å². The van der Waals surface area contributed by atoms with E-state index in [0.29, 0.717) is 11.4 Å². The van der Waals surface area contributed by atoms with Gasteiger partial charge in [-0.2, -0.15) is 5.10 Å². The molecule has 1 aromatic heterocycles. The van der Waals surface area contributed by atoms with Gasteiger partial charge in [0.2, 0.25) is 0 Å². The summed E-state index contributed by atoms with van der Waals surface area (Å²) in [4.78, 5) is 11.1. The molecule has 0 fully saturated rings. The molecule has 1 aromatic rings. The van der Waals surface area contributed by atoms with Crippen LogP contribution in [0, 0.1) is 0 Å². The molecule has 1 unspecified atom stereocenters. The summed E-state index contributed by atoms with van der Waals surface area (Å²) >= 11 is 6.07. The lowest BCUT2D eigenvalue weighted by atomic mass is 10.0. The predicted octanol–water partition coefficient (Wildman–Crippen LogP) is 3.20. The summed E-state index contributed by atoms with van der Waals surface area (Å²) in [7, 11) is 0. The Labute approximate surface area is 95.4 Å². The molecule has 15 heavy (non-hydrogen) atoms. The first kappa shape index (κ1) is 12.2. The molecule has 0 aliphatic carbocycles. The number of hydrogen-bond donors (Lipinski definition) is 0. The minimum Gasteiger partial charge on any atom is -0.300 e. The van der Waals surface area contributed by atoms with E-state index in [1.165, 1.54) is 0 Å². The van der Waals surface area contributed by atoms with Gasteiger partial charge in [0.25, 0.3) is 0 Å². The molecule has 0 saturated carbocycles. The first-order chi connectivity index (χ1) is 6.93. The Bertz CT molecular complexity index is 357. The van der Waals surface area contributed by atoms with Crippen molar-refractivity contribution in [2.75, 3.05) is 0 Å². The van der Waals surface area contributed by atoms with Crippen molar-refractivity contribution >= 4 is 17.4 Å². The molecule has 1 heterocycles. The van der Waals surface area contributed by atoms with Crippen molar-refractivity contribution in [1.29, 1.82) is 0 Å². The molecule has 3 nitrogen and oxygen atoms in total. The summed E-state index contributed by atoms with van der Waals surface area (Å²) < 4.78 is 1.88. The quantitative estimate of drug-likeness (QED) is 0.793. The molecule has 4 heteroatoms. The number of rotatable bonds is 4. The van der Waals surface area contributed by atoms with Crippen LogP contribution < -0.4 is 0 Å². The molecule has 0 aromatic carbocycles. The highest BCUT2D eigenvalue weighted by Crippen LogP contribution is 2.28. The standard InChI is InChI=1S/C11H17ClN2O/c1-7(2)14-11(10(12)6-13-14)8(3)5-9(4)15/h6-8H,5H2,1-4H3. The third-order valence-electron chi connectivity index (χ3n) is 2.34. The maximum Gasteiger partial charge on any atom is 0.130 e. The van der Waals surface area contributed by atoms with Crippen LogP contribution >= 0.6 is 11.6 Å². The van der Waals surface area contributed by atoms with E-state index < -0.39 is 0 Å². The fraction of sp³-hybridized carbons (Fsp3) is 0.636. The highest BCUT2D eigenvalue weighted by atomic mass is 35.5. The molecular formula is C11H17ClN2O. The van der Waals surface area contributed by atoms with E-state index in [9.17, 15) is 4.79 Å². The molecule has 0 aliphatic rings. The van der Waals surface area contributed by atoms with Crippen LogP contribution in [0.5, 0.6) is 0 Å². The van der Waals surface area contributed by atoms with Gasteiger partial charge in [-0.3, -0.25) is 4.68 Å². The van der Waals surface area contributed by atoms with Crippen molar-refractivity contribution in [2.24, 2.45) is 0 Å². The van der Waals surface area contributed by atoms with Crippen LogP contribution in [-0.4, -0.2) is 15.6 Å². The Balaban J connectivity index is 3.00. The van der Waals surface area contributed by atoms with Crippen LogP contribution in [0.2, 0.25) is 5.02 Å². The van der Waals surface area contributed by atoms with E-state index >= 15 is 0 Å². The van der Waals surface area contributed by atoms with Crippen molar-refractivity contribution in [3.05, 3.63) is 16.9 Å². The highest BCUT2D eigenvalue weighted by Gasteiger charge is 2.18. The van der Waals surface area contributed by atoms with Gasteiger partial charge >= 0.3 is 0 Å².